The number of carbonyl (C=O) groups excluding carboxylic acids is 2. The van der Waals surface area contributed by atoms with E-state index in [0.29, 0.717) is 19.3 Å². The fraction of sp³-hybridized carbons (Fsp3) is 0.600. The van der Waals surface area contributed by atoms with Crippen molar-refractivity contribution in [3.8, 4) is 11.5 Å². The highest BCUT2D eigenvalue weighted by Crippen LogP contribution is 2.35. The van der Waals surface area contributed by atoms with Gasteiger partial charge in [0.2, 0.25) is 0 Å². The highest BCUT2D eigenvalue weighted by molar-refractivity contribution is 14.1. The number of carbonyl (C=O) groups is 2. The van der Waals surface area contributed by atoms with Crippen LogP contribution in [0.1, 0.15) is 51.4 Å². The molecule has 4 nitrogen and oxygen atoms in total. The first-order valence-corrected chi connectivity index (χ1v) is 11.7. The minimum Gasteiger partial charge on any atom is -0.480 e. The maximum atomic E-state index is 12.3. The van der Waals surface area contributed by atoms with Crippen molar-refractivity contribution in [1.29, 1.82) is 0 Å². The van der Waals surface area contributed by atoms with Gasteiger partial charge in [-0.3, -0.25) is 9.59 Å². The molecule has 1 aromatic carbocycles. The molecular weight excluding hydrogens is 558 g/mol. The fourth-order valence-corrected chi connectivity index (χ4v) is 4.96. The Hall–Kier alpha value is -0.380. The van der Waals surface area contributed by atoms with Crippen molar-refractivity contribution in [2.45, 2.75) is 64.8 Å². The van der Waals surface area contributed by atoms with Gasteiger partial charge in [-0.15, -0.1) is 0 Å². The number of hydrogen-bond donors (Lipinski definition) is 0. The van der Waals surface area contributed by atoms with Gasteiger partial charge in [0.25, 0.3) is 0 Å². The van der Waals surface area contributed by atoms with E-state index in [-0.39, 0.29) is 11.9 Å². The molecule has 2 saturated carbocycles. The molecule has 0 spiro atoms. The van der Waals surface area contributed by atoms with E-state index in [2.05, 4.69) is 45.2 Å². The zero-order valence-electron chi connectivity index (χ0n) is 14.7. The van der Waals surface area contributed by atoms with Crippen molar-refractivity contribution in [3.05, 3.63) is 24.3 Å². The molecule has 0 aliphatic heterocycles. The summed E-state index contributed by atoms with van der Waals surface area (Å²) in [6.45, 7) is 0. The van der Waals surface area contributed by atoms with Gasteiger partial charge in [-0.2, -0.15) is 0 Å². The molecule has 0 unspecified atom stereocenters. The van der Waals surface area contributed by atoms with E-state index in [1.165, 1.54) is 0 Å². The smallest absolute Gasteiger partial charge is 0.314 e. The maximum Gasteiger partial charge on any atom is 0.314 e. The lowest BCUT2D eigenvalue weighted by molar-refractivity contribution is -0.139. The number of benzene rings is 1. The van der Waals surface area contributed by atoms with Crippen molar-refractivity contribution >= 4 is 57.4 Å². The molecule has 142 valence electrons. The summed E-state index contributed by atoms with van der Waals surface area (Å²) >= 11 is 4.89. The van der Waals surface area contributed by atoms with Gasteiger partial charge in [-0.25, -0.2) is 0 Å². The standard InChI is InChI=1S/C20H24I2O4/c21-15-3-1-14(2-4-15)19(24)25-17-5-7-18(8-6-17)26-20(13-23)11-9-16(22)10-12-20/h5-8,13-16H,1-4,9-12H2/t14?,15?,16-,20-. The summed E-state index contributed by atoms with van der Waals surface area (Å²) in [5, 5.41) is 0. The third-order valence-corrected chi connectivity index (χ3v) is 7.82. The summed E-state index contributed by atoms with van der Waals surface area (Å²) < 4.78 is 12.8. The Kier molecular flexibility index (Phi) is 7.21. The fourth-order valence-electron chi connectivity index (χ4n) is 3.61. The van der Waals surface area contributed by atoms with Crippen molar-refractivity contribution in [2.24, 2.45) is 5.92 Å². The lowest BCUT2D eigenvalue weighted by atomic mass is 9.86. The Labute approximate surface area is 182 Å². The first kappa shape index (κ1) is 20.4. The van der Waals surface area contributed by atoms with Gasteiger partial charge in [0, 0.05) is 7.85 Å². The van der Waals surface area contributed by atoms with Crippen LogP contribution in [-0.2, 0) is 9.59 Å². The van der Waals surface area contributed by atoms with Crippen LogP contribution in [0, 0.1) is 5.92 Å². The zero-order chi connectivity index (χ0) is 18.6. The molecule has 6 heteroatoms. The van der Waals surface area contributed by atoms with Gasteiger partial charge >= 0.3 is 5.97 Å². The SMILES string of the molecule is O=C[C@]1(Oc2ccc(OC(=O)C3CCC(I)CC3)cc2)CC[C@H](I)CC1. The van der Waals surface area contributed by atoms with Gasteiger partial charge in [-0.1, -0.05) is 45.2 Å². The topological polar surface area (TPSA) is 52.6 Å². The molecule has 0 bridgehead atoms. The van der Waals surface area contributed by atoms with Crippen molar-refractivity contribution < 1.29 is 19.1 Å². The monoisotopic (exact) mass is 582 g/mol. The lowest BCUT2D eigenvalue weighted by Crippen LogP contribution is -2.41. The Balaban J connectivity index is 1.56. The molecule has 2 aliphatic carbocycles. The van der Waals surface area contributed by atoms with E-state index in [1.807, 2.05) is 0 Å². The van der Waals surface area contributed by atoms with Crippen LogP contribution in [-0.4, -0.2) is 25.7 Å². The van der Waals surface area contributed by atoms with E-state index in [4.69, 9.17) is 9.47 Å². The van der Waals surface area contributed by atoms with Crippen LogP contribution in [0.4, 0.5) is 0 Å². The summed E-state index contributed by atoms with van der Waals surface area (Å²) in [6.07, 6.45) is 8.43. The Bertz CT molecular complexity index is 615. The van der Waals surface area contributed by atoms with E-state index in [9.17, 15) is 9.59 Å². The van der Waals surface area contributed by atoms with Crippen LogP contribution in [0.25, 0.3) is 0 Å². The molecular formula is C20H24I2O4. The zero-order valence-corrected chi connectivity index (χ0v) is 19.0. The highest BCUT2D eigenvalue weighted by Gasteiger charge is 2.36. The predicted molar refractivity (Wildman–Crippen MR) is 118 cm³/mol. The number of ether oxygens (including phenoxy) is 2. The second-order valence-corrected chi connectivity index (χ2v) is 10.8. The second kappa shape index (κ2) is 9.21. The van der Waals surface area contributed by atoms with Crippen molar-refractivity contribution in [2.75, 3.05) is 0 Å². The number of esters is 1. The molecule has 1 aromatic rings. The molecule has 2 fully saturated rings. The molecule has 0 heterocycles. The minimum absolute atomic E-state index is 0.0127. The van der Waals surface area contributed by atoms with Crippen LogP contribution in [0.5, 0.6) is 11.5 Å². The number of alkyl halides is 2. The van der Waals surface area contributed by atoms with Crippen molar-refractivity contribution in [1.82, 2.24) is 0 Å². The molecule has 0 atom stereocenters. The van der Waals surface area contributed by atoms with E-state index in [0.717, 1.165) is 57.7 Å². The number of rotatable bonds is 5. The molecule has 0 N–H and O–H groups in total. The number of hydrogen-bond acceptors (Lipinski definition) is 4. The van der Waals surface area contributed by atoms with Gasteiger partial charge in [0.1, 0.15) is 11.5 Å². The van der Waals surface area contributed by atoms with Gasteiger partial charge < -0.3 is 9.47 Å². The summed E-state index contributed by atoms with van der Waals surface area (Å²) in [4.78, 5) is 23.9. The second-order valence-electron chi connectivity index (χ2n) is 7.30. The first-order valence-electron chi connectivity index (χ1n) is 9.25. The highest BCUT2D eigenvalue weighted by atomic mass is 127. The van der Waals surface area contributed by atoms with Gasteiger partial charge in [-0.05, 0) is 75.6 Å². The lowest BCUT2D eigenvalue weighted by Gasteiger charge is -2.34. The normalized spacial score (nSPS) is 31.8. The van der Waals surface area contributed by atoms with Crippen LogP contribution >= 0.6 is 45.2 Å². The molecule has 2 aliphatic rings. The third-order valence-electron chi connectivity index (χ3n) is 5.33. The number of halogens is 2. The molecule has 0 amide bonds. The first-order chi connectivity index (χ1) is 12.5. The van der Waals surface area contributed by atoms with Crippen LogP contribution in [0.15, 0.2) is 24.3 Å². The largest absolute Gasteiger partial charge is 0.480 e. The average molecular weight is 582 g/mol. The summed E-state index contributed by atoms with van der Waals surface area (Å²) in [6, 6.07) is 7.07. The third kappa shape index (κ3) is 5.33. The van der Waals surface area contributed by atoms with E-state index in [1.54, 1.807) is 24.3 Å². The van der Waals surface area contributed by atoms with Crippen LogP contribution in [0.3, 0.4) is 0 Å². The molecule has 26 heavy (non-hydrogen) atoms. The van der Waals surface area contributed by atoms with E-state index >= 15 is 0 Å². The van der Waals surface area contributed by atoms with Crippen LogP contribution < -0.4 is 9.47 Å². The summed E-state index contributed by atoms with van der Waals surface area (Å²) in [5.74, 6) is 1.06. The molecule has 0 saturated heterocycles. The average Bonchev–Trinajstić information content (AvgIpc) is 2.66. The quantitative estimate of drug-likeness (QED) is 0.156. The maximum absolute atomic E-state index is 12.3. The van der Waals surface area contributed by atoms with Gasteiger partial charge in [0.05, 0.1) is 5.92 Å². The van der Waals surface area contributed by atoms with Crippen LogP contribution in [0.2, 0.25) is 0 Å². The Morgan fingerprint density at radius 3 is 2.04 bits per heavy atom. The Morgan fingerprint density at radius 1 is 0.923 bits per heavy atom. The van der Waals surface area contributed by atoms with E-state index < -0.39 is 5.60 Å². The minimum atomic E-state index is -0.710. The number of aldehydes is 1. The summed E-state index contributed by atoms with van der Waals surface area (Å²) in [7, 11) is 0. The van der Waals surface area contributed by atoms with Crippen molar-refractivity contribution in [3.63, 3.8) is 0 Å². The molecule has 0 aromatic heterocycles. The predicted octanol–water partition coefficient (Wildman–Crippen LogP) is 5.28. The van der Waals surface area contributed by atoms with Gasteiger partial charge in [0.15, 0.2) is 11.9 Å². The Morgan fingerprint density at radius 2 is 1.46 bits per heavy atom. The summed E-state index contributed by atoms with van der Waals surface area (Å²) in [5.41, 5.74) is -0.710. The molecule has 0 radical (unpaired) electrons. The molecule has 3 rings (SSSR count).